The molecule has 0 saturated carbocycles. The quantitative estimate of drug-likeness (QED) is 0.395. The summed E-state index contributed by atoms with van der Waals surface area (Å²) in [6.45, 7) is 19.0. The molecule has 6 nitrogen and oxygen atoms in total. The number of hydrogen-bond donors (Lipinski definition) is 1. The van der Waals surface area contributed by atoms with E-state index in [4.69, 9.17) is 0 Å². The fraction of sp³-hybridized carbons (Fsp3) is 0.655. The number of ketones is 1. The molecule has 3 rings (SSSR count). The van der Waals surface area contributed by atoms with Crippen LogP contribution in [0.25, 0.3) is 0 Å². The van der Waals surface area contributed by atoms with Crippen LogP contribution in [0.2, 0.25) is 0 Å². The van der Waals surface area contributed by atoms with E-state index in [0.717, 1.165) is 55.8 Å². The molecule has 36 heavy (non-hydrogen) atoms. The van der Waals surface area contributed by atoms with Gasteiger partial charge in [-0.05, 0) is 55.3 Å². The molecule has 0 unspecified atom stereocenters. The van der Waals surface area contributed by atoms with Crippen molar-refractivity contribution in [1.82, 2.24) is 14.0 Å². The molecule has 0 amide bonds. The Kier molecular flexibility index (Phi) is 9.31. The lowest BCUT2D eigenvalue weighted by Gasteiger charge is -2.28. The van der Waals surface area contributed by atoms with Crippen LogP contribution in [0, 0.1) is 0 Å². The lowest BCUT2D eigenvalue weighted by molar-refractivity contribution is 0.0970. The highest BCUT2D eigenvalue weighted by Crippen LogP contribution is 2.39. The Balaban J connectivity index is 1.96. The molecule has 0 atom stereocenters. The summed E-state index contributed by atoms with van der Waals surface area (Å²) in [5.41, 5.74) is 3.66. The SMILES string of the molecule is CCCc1cn(CC(=O)c2cc(C(C)(C)C)c(O)c(C(C)(C)C)c2)/c(=N\Br)n1CCN1CCCCC1. The van der Waals surface area contributed by atoms with E-state index in [0.29, 0.717) is 11.3 Å². The second-order valence-corrected chi connectivity index (χ2v) is 12.6. The van der Waals surface area contributed by atoms with Crippen LogP contribution in [-0.2, 0) is 30.3 Å². The number of imidazole rings is 1. The molecule has 0 radical (unpaired) electrons. The van der Waals surface area contributed by atoms with E-state index >= 15 is 0 Å². The van der Waals surface area contributed by atoms with Gasteiger partial charge in [0.15, 0.2) is 5.78 Å². The zero-order valence-corrected chi connectivity index (χ0v) is 24.9. The number of rotatable bonds is 8. The first-order valence-corrected chi connectivity index (χ1v) is 14.1. The lowest BCUT2D eigenvalue weighted by Crippen LogP contribution is -2.36. The summed E-state index contributed by atoms with van der Waals surface area (Å²) in [7, 11) is 0. The molecule has 2 heterocycles. The molecule has 1 aromatic heterocycles. The van der Waals surface area contributed by atoms with Gasteiger partial charge in [0.1, 0.15) is 5.75 Å². The van der Waals surface area contributed by atoms with Gasteiger partial charge in [-0.15, -0.1) is 0 Å². The fourth-order valence-electron chi connectivity index (χ4n) is 5.11. The van der Waals surface area contributed by atoms with E-state index < -0.39 is 0 Å². The lowest BCUT2D eigenvalue weighted by atomic mass is 9.78. The maximum Gasteiger partial charge on any atom is 0.217 e. The average Bonchev–Trinajstić information content (AvgIpc) is 3.12. The minimum Gasteiger partial charge on any atom is -0.507 e. The Hall–Kier alpha value is -1.86. The second-order valence-electron chi connectivity index (χ2n) is 12.3. The highest BCUT2D eigenvalue weighted by Gasteiger charge is 2.28. The van der Waals surface area contributed by atoms with E-state index in [-0.39, 0.29) is 23.2 Å². The van der Waals surface area contributed by atoms with Crippen molar-refractivity contribution in [2.75, 3.05) is 19.6 Å². The van der Waals surface area contributed by atoms with Crippen LogP contribution in [0.5, 0.6) is 5.75 Å². The van der Waals surface area contributed by atoms with Gasteiger partial charge in [0.25, 0.3) is 0 Å². The third-order valence-electron chi connectivity index (χ3n) is 7.18. The van der Waals surface area contributed by atoms with Gasteiger partial charge < -0.3 is 19.1 Å². The van der Waals surface area contributed by atoms with E-state index in [1.807, 2.05) is 16.7 Å². The molecule has 1 aliphatic rings. The monoisotopic (exact) mass is 560 g/mol. The average molecular weight is 562 g/mol. The summed E-state index contributed by atoms with van der Waals surface area (Å²) in [5.74, 6) is 0.314. The van der Waals surface area contributed by atoms with Crippen molar-refractivity contribution in [3.63, 3.8) is 0 Å². The normalized spacial score (nSPS) is 16.1. The van der Waals surface area contributed by atoms with Crippen molar-refractivity contribution >= 4 is 21.9 Å². The molecule has 1 fully saturated rings. The number of hydrogen-bond acceptors (Lipinski definition) is 4. The Morgan fingerprint density at radius 3 is 2.08 bits per heavy atom. The molecule has 200 valence electrons. The van der Waals surface area contributed by atoms with Crippen molar-refractivity contribution < 1.29 is 9.90 Å². The zero-order chi connectivity index (χ0) is 26.7. The van der Waals surface area contributed by atoms with Crippen LogP contribution in [0.15, 0.2) is 22.3 Å². The minimum absolute atomic E-state index is 0.0182. The number of phenolic OH excluding ortho intramolecular Hbond substituents is 1. The maximum absolute atomic E-state index is 13.7. The van der Waals surface area contributed by atoms with Crippen LogP contribution in [-0.4, -0.2) is 44.6 Å². The van der Waals surface area contributed by atoms with Gasteiger partial charge in [0.2, 0.25) is 5.62 Å². The van der Waals surface area contributed by atoms with Crippen LogP contribution in [0.4, 0.5) is 0 Å². The van der Waals surface area contributed by atoms with Gasteiger partial charge in [-0.2, -0.15) is 4.02 Å². The molecular weight excluding hydrogens is 516 g/mol. The summed E-state index contributed by atoms with van der Waals surface area (Å²) in [6.07, 6.45) is 7.95. The second kappa shape index (κ2) is 11.7. The van der Waals surface area contributed by atoms with Gasteiger partial charge in [-0.3, -0.25) is 4.79 Å². The largest absolute Gasteiger partial charge is 0.507 e. The van der Waals surface area contributed by atoms with E-state index in [9.17, 15) is 9.90 Å². The predicted octanol–water partition coefficient (Wildman–Crippen LogP) is 6.12. The third-order valence-corrected chi connectivity index (χ3v) is 7.50. The van der Waals surface area contributed by atoms with Crippen molar-refractivity contribution in [3.8, 4) is 5.75 Å². The van der Waals surface area contributed by atoms with Crippen LogP contribution >= 0.6 is 16.1 Å². The zero-order valence-electron chi connectivity index (χ0n) is 23.3. The number of likely N-dealkylation sites (tertiary alicyclic amines) is 1. The fourth-order valence-corrected chi connectivity index (χ4v) is 5.51. The van der Waals surface area contributed by atoms with Crippen LogP contribution in [0.3, 0.4) is 0 Å². The Morgan fingerprint density at radius 2 is 1.58 bits per heavy atom. The smallest absolute Gasteiger partial charge is 0.217 e. The number of Topliss-reactive ketones (excluding diaryl/α,β-unsaturated/α-hetero) is 1. The molecular formula is C29H45BrN4O2. The molecule has 0 aliphatic carbocycles. The van der Waals surface area contributed by atoms with E-state index in [2.05, 4.69) is 84.3 Å². The first-order chi connectivity index (χ1) is 16.9. The Labute approximate surface area is 225 Å². The van der Waals surface area contributed by atoms with Gasteiger partial charge >= 0.3 is 0 Å². The van der Waals surface area contributed by atoms with E-state index in [1.54, 1.807) is 0 Å². The topological polar surface area (TPSA) is 62.8 Å². The standard InChI is InChI=1S/C29H45BrN4O2/c1-8-12-22-19-33(27(31-30)34(22)16-15-32-13-10-9-11-14-32)20-25(35)21-17-23(28(2,3)4)26(36)24(18-21)29(5,6)7/h17-19,36H,8-16,20H2,1-7H3/b31-27+. The Bertz CT molecular complexity index is 1090. The van der Waals surface area contributed by atoms with Crippen molar-refractivity contribution in [3.05, 3.63) is 46.3 Å². The number of aromatic nitrogens is 2. The molecule has 0 spiro atoms. The number of carbonyl (C=O) groups excluding carboxylic acids is 1. The highest BCUT2D eigenvalue weighted by atomic mass is 79.9. The molecule has 1 N–H and O–H groups in total. The van der Waals surface area contributed by atoms with Gasteiger partial charge in [0, 0.05) is 41.7 Å². The molecule has 1 aromatic carbocycles. The summed E-state index contributed by atoms with van der Waals surface area (Å²) < 4.78 is 8.67. The first kappa shape index (κ1) is 28.7. The number of benzene rings is 1. The number of carbonyl (C=O) groups is 1. The number of aromatic hydroxyl groups is 1. The summed E-state index contributed by atoms with van der Waals surface area (Å²) >= 11 is 3.35. The third kappa shape index (κ3) is 6.71. The van der Waals surface area contributed by atoms with Crippen LogP contribution < -0.4 is 5.62 Å². The van der Waals surface area contributed by atoms with Gasteiger partial charge in [-0.25, -0.2) is 0 Å². The van der Waals surface area contributed by atoms with Gasteiger partial charge in [0.05, 0.1) is 22.7 Å². The number of phenols is 1. The number of halogens is 1. The van der Waals surface area contributed by atoms with Crippen molar-refractivity contribution in [2.45, 2.75) is 104 Å². The minimum atomic E-state index is -0.282. The highest BCUT2D eigenvalue weighted by molar-refractivity contribution is 9.08. The first-order valence-electron chi connectivity index (χ1n) is 13.4. The van der Waals surface area contributed by atoms with Crippen molar-refractivity contribution in [1.29, 1.82) is 0 Å². The summed E-state index contributed by atoms with van der Waals surface area (Å²) in [5, 5.41) is 11.1. The Morgan fingerprint density at radius 1 is 1.00 bits per heavy atom. The van der Waals surface area contributed by atoms with E-state index in [1.165, 1.54) is 25.0 Å². The number of aryl methyl sites for hydroxylation is 1. The van der Waals surface area contributed by atoms with Crippen LogP contribution in [0.1, 0.15) is 101 Å². The van der Waals surface area contributed by atoms with Crippen molar-refractivity contribution in [2.24, 2.45) is 4.02 Å². The number of nitrogens with zero attached hydrogens (tertiary/aromatic N) is 4. The molecule has 1 saturated heterocycles. The molecule has 7 heteroatoms. The van der Waals surface area contributed by atoms with Gasteiger partial charge in [-0.1, -0.05) is 61.3 Å². The summed E-state index contributed by atoms with van der Waals surface area (Å²) in [4.78, 5) is 16.2. The maximum atomic E-state index is 13.7. The number of piperidine rings is 1. The summed E-state index contributed by atoms with van der Waals surface area (Å²) in [6, 6.07) is 3.75. The molecule has 0 bridgehead atoms. The molecule has 1 aliphatic heterocycles. The molecule has 2 aromatic rings. The predicted molar refractivity (Wildman–Crippen MR) is 151 cm³/mol.